The van der Waals surface area contributed by atoms with Crippen LogP contribution in [0.4, 0.5) is 0 Å². The third-order valence-electron chi connectivity index (χ3n) is 2.55. The summed E-state index contributed by atoms with van der Waals surface area (Å²) in [5.41, 5.74) is 1.36. The lowest BCUT2D eigenvalue weighted by molar-refractivity contribution is 0.608. The lowest BCUT2D eigenvalue weighted by atomic mass is 10.2. The molecule has 2 nitrogen and oxygen atoms in total. The summed E-state index contributed by atoms with van der Waals surface area (Å²) >= 11 is 2.33. The number of hydrogen-bond donors (Lipinski definition) is 2. The first-order valence-corrected chi connectivity index (χ1v) is 6.61. The molecule has 1 aromatic carbocycles. The van der Waals surface area contributed by atoms with Crippen molar-refractivity contribution in [2.75, 3.05) is 13.1 Å². The Morgan fingerprint density at radius 3 is 2.53 bits per heavy atom. The average molecular weight is 316 g/mol. The molecule has 0 aliphatic heterocycles. The molecule has 0 saturated heterocycles. The third kappa shape index (κ3) is 4.49. The summed E-state index contributed by atoms with van der Waals surface area (Å²) in [5.74, 6) is 0. The molecule has 0 spiro atoms. The Hall–Kier alpha value is -0.130. The van der Waals surface area contributed by atoms with Crippen molar-refractivity contribution in [3.8, 4) is 0 Å². The highest BCUT2D eigenvalue weighted by atomic mass is 127. The van der Waals surface area contributed by atoms with Crippen LogP contribution in [0.15, 0.2) is 24.3 Å². The molecule has 1 saturated carbocycles. The maximum atomic E-state index is 3.49. The predicted octanol–water partition coefficient (Wildman–Crippen LogP) is 2.13. The molecule has 0 heterocycles. The zero-order valence-electron chi connectivity index (χ0n) is 8.80. The van der Waals surface area contributed by atoms with Gasteiger partial charge in [0.15, 0.2) is 0 Å². The monoisotopic (exact) mass is 316 g/mol. The lowest BCUT2D eigenvalue weighted by Gasteiger charge is -2.05. The number of nitrogens with one attached hydrogen (secondary N) is 2. The maximum absolute atomic E-state index is 3.49. The quantitative estimate of drug-likeness (QED) is 0.621. The molecule has 1 aromatic rings. The van der Waals surface area contributed by atoms with Crippen molar-refractivity contribution in [1.29, 1.82) is 0 Å². The second kappa shape index (κ2) is 5.82. The largest absolute Gasteiger partial charge is 0.313 e. The molecular weight excluding hydrogens is 299 g/mol. The van der Waals surface area contributed by atoms with Crippen molar-refractivity contribution in [3.63, 3.8) is 0 Å². The Kier molecular flexibility index (Phi) is 4.41. The van der Waals surface area contributed by atoms with Crippen molar-refractivity contribution in [2.45, 2.75) is 25.4 Å². The fraction of sp³-hybridized carbons (Fsp3) is 0.500. The van der Waals surface area contributed by atoms with Crippen LogP contribution in [0, 0.1) is 3.57 Å². The fourth-order valence-corrected chi connectivity index (χ4v) is 1.85. The van der Waals surface area contributed by atoms with Crippen molar-refractivity contribution >= 4 is 22.6 Å². The highest BCUT2D eigenvalue weighted by Crippen LogP contribution is 2.17. The molecule has 0 amide bonds. The molecule has 0 aromatic heterocycles. The fourth-order valence-electron chi connectivity index (χ4n) is 1.49. The summed E-state index contributed by atoms with van der Waals surface area (Å²) < 4.78 is 1.30. The van der Waals surface area contributed by atoms with Crippen LogP contribution < -0.4 is 10.6 Å². The minimum atomic E-state index is 0.824. The normalized spacial score (nSPS) is 15.5. The summed E-state index contributed by atoms with van der Waals surface area (Å²) in [4.78, 5) is 0. The van der Waals surface area contributed by atoms with Crippen LogP contribution in [-0.2, 0) is 6.54 Å². The van der Waals surface area contributed by atoms with E-state index >= 15 is 0 Å². The molecule has 15 heavy (non-hydrogen) atoms. The van der Waals surface area contributed by atoms with Gasteiger partial charge >= 0.3 is 0 Å². The maximum Gasteiger partial charge on any atom is 0.0206 e. The molecule has 1 aliphatic rings. The van der Waals surface area contributed by atoms with Crippen LogP contribution in [0.3, 0.4) is 0 Å². The molecule has 2 rings (SSSR count). The van der Waals surface area contributed by atoms with E-state index in [2.05, 4.69) is 57.5 Å². The molecule has 82 valence electrons. The van der Waals surface area contributed by atoms with Crippen molar-refractivity contribution in [2.24, 2.45) is 0 Å². The molecular formula is C12H17IN2. The van der Waals surface area contributed by atoms with Gasteiger partial charge in [0.25, 0.3) is 0 Å². The summed E-state index contributed by atoms with van der Waals surface area (Å²) in [5, 5.41) is 6.93. The second-order valence-electron chi connectivity index (χ2n) is 4.03. The number of benzene rings is 1. The zero-order valence-corrected chi connectivity index (χ0v) is 11.0. The van der Waals surface area contributed by atoms with Gasteiger partial charge in [-0.3, -0.25) is 0 Å². The van der Waals surface area contributed by atoms with E-state index in [1.54, 1.807) is 0 Å². The first-order chi connectivity index (χ1) is 7.34. The molecule has 2 N–H and O–H groups in total. The molecule has 3 heteroatoms. The van der Waals surface area contributed by atoms with Crippen LogP contribution in [-0.4, -0.2) is 19.1 Å². The lowest BCUT2D eigenvalue weighted by Crippen LogP contribution is -2.28. The SMILES string of the molecule is Ic1ccc(CNCCNC2CC2)cc1. The van der Waals surface area contributed by atoms with E-state index in [9.17, 15) is 0 Å². The van der Waals surface area contributed by atoms with Gasteiger partial charge in [-0.05, 0) is 53.1 Å². The van der Waals surface area contributed by atoms with E-state index in [0.29, 0.717) is 0 Å². The summed E-state index contributed by atoms with van der Waals surface area (Å²) in [6, 6.07) is 9.50. The van der Waals surface area contributed by atoms with Crippen molar-refractivity contribution < 1.29 is 0 Å². The van der Waals surface area contributed by atoms with Gasteiger partial charge in [0.1, 0.15) is 0 Å². The van der Waals surface area contributed by atoms with Crippen LogP contribution in [0.5, 0.6) is 0 Å². The minimum absolute atomic E-state index is 0.824. The third-order valence-corrected chi connectivity index (χ3v) is 3.27. The Balaban J connectivity index is 1.58. The first-order valence-electron chi connectivity index (χ1n) is 5.53. The molecule has 0 bridgehead atoms. The van der Waals surface area contributed by atoms with Gasteiger partial charge in [0.05, 0.1) is 0 Å². The average Bonchev–Trinajstić information content (AvgIpc) is 3.04. The van der Waals surface area contributed by atoms with E-state index in [4.69, 9.17) is 0 Å². The van der Waals surface area contributed by atoms with Crippen LogP contribution in [0.1, 0.15) is 18.4 Å². The van der Waals surface area contributed by atoms with E-state index in [1.165, 1.54) is 22.0 Å². The molecule has 1 fully saturated rings. The Labute approximate surface area is 105 Å². The van der Waals surface area contributed by atoms with Crippen molar-refractivity contribution in [1.82, 2.24) is 10.6 Å². The second-order valence-corrected chi connectivity index (χ2v) is 5.28. The summed E-state index contributed by atoms with van der Waals surface area (Å²) in [6.07, 6.45) is 2.74. The van der Waals surface area contributed by atoms with Crippen LogP contribution in [0.2, 0.25) is 0 Å². The van der Waals surface area contributed by atoms with Gasteiger partial charge in [-0.15, -0.1) is 0 Å². The number of halogens is 1. The highest BCUT2D eigenvalue weighted by Gasteiger charge is 2.19. The van der Waals surface area contributed by atoms with Gasteiger partial charge in [0.2, 0.25) is 0 Å². The van der Waals surface area contributed by atoms with Crippen LogP contribution >= 0.6 is 22.6 Å². The highest BCUT2D eigenvalue weighted by molar-refractivity contribution is 14.1. The smallest absolute Gasteiger partial charge is 0.0206 e. The molecule has 0 atom stereocenters. The zero-order chi connectivity index (χ0) is 10.5. The van der Waals surface area contributed by atoms with Gasteiger partial charge in [0, 0.05) is 29.2 Å². The number of hydrogen-bond acceptors (Lipinski definition) is 2. The van der Waals surface area contributed by atoms with Gasteiger partial charge in [-0.2, -0.15) is 0 Å². The van der Waals surface area contributed by atoms with Gasteiger partial charge in [-0.1, -0.05) is 12.1 Å². The van der Waals surface area contributed by atoms with Gasteiger partial charge < -0.3 is 10.6 Å². The minimum Gasteiger partial charge on any atom is -0.313 e. The summed E-state index contributed by atoms with van der Waals surface area (Å²) in [6.45, 7) is 3.13. The standard InChI is InChI=1S/C12H17IN2/c13-11-3-1-10(2-4-11)9-14-7-8-15-12-5-6-12/h1-4,12,14-15H,5-9H2. The van der Waals surface area contributed by atoms with E-state index in [0.717, 1.165) is 25.7 Å². The molecule has 0 radical (unpaired) electrons. The Bertz CT molecular complexity index is 293. The summed E-state index contributed by atoms with van der Waals surface area (Å²) in [7, 11) is 0. The number of rotatable bonds is 6. The van der Waals surface area contributed by atoms with E-state index in [-0.39, 0.29) is 0 Å². The van der Waals surface area contributed by atoms with Gasteiger partial charge in [-0.25, -0.2) is 0 Å². The topological polar surface area (TPSA) is 24.1 Å². The Morgan fingerprint density at radius 1 is 1.13 bits per heavy atom. The first kappa shape index (κ1) is 11.4. The van der Waals surface area contributed by atoms with E-state index in [1.807, 2.05) is 0 Å². The van der Waals surface area contributed by atoms with E-state index < -0.39 is 0 Å². The molecule has 0 unspecified atom stereocenters. The van der Waals surface area contributed by atoms with Crippen molar-refractivity contribution in [3.05, 3.63) is 33.4 Å². The van der Waals surface area contributed by atoms with Crippen LogP contribution in [0.25, 0.3) is 0 Å². The molecule has 1 aliphatic carbocycles. The Morgan fingerprint density at radius 2 is 1.87 bits per heavy atom. The predicted molar refractivity (Wildman–Crippen MR) is 71.9 cm³/mol.